The number of aryl methyl sites for hydroxylation is 2. The molecule has 0 spiro atoms. The summed E-state index contributed by atoms with van der Waals surface area (Å²) in [4.78, 5) is 16.7. The van der Waals surface area contributed by atoms with Gasteiger partial charge in [-0.25, -0.2) is 17.2 Å². The number of hydrogen-bond donors (Lipinski definition) is 0. The van der Waals surface area contributed by atoms with E-state index in [4.69, 9.17) is 27.3 Å². The van der Waals surface area contributed by atoms with E-state index in [-0.39, 0.29) is 27.6 Å². The van der Waals surface area contributed by atoms with Gasteiger partial charge in [0, 0.05) is 41.0 Å². The SMILES string of the molecule is [2H]C([2H])([2H])n1cc([C@H]2C[C@@H]2c2cc(C)n(-c3c(Cl)cnc(-c4cccc(S(C)(=O)=O)c4F)c3F)c(=O)c2Cl)cn1. The van der Waals surface area contributed by atoms with Gasteiger partial charge < -0.3 is 0 Å². The number of sulfone groups is 1. The fraction of sp³-hybridized carbons (Fsp3) is 0.240. The van der Waals surface area contributed by atoms with E-state index >= 15 is 8.78 Å². The van der Waals surface area contributed by atoms with Gasteiger partial charge in [-0.2, -0.15) is 5.10 Å². The first-order valence-electron chi connectivity index (χ1n) is 12.4. The fourth-order valence-electron chi connectivity index (χ4n) is 4.55. The lowest BCUT2D eigenvalue weighted by Crippen LogP contribution is -2.24. The van der Waals surface area contributed by atoms with Gasteiger partial charge in [-0.05, 0) is 54.5 Å². The lowest BCUT2D eigenvalue weighted by atomic mass is 10.1. The molecule has 1 saturated carbocycles. The first kappa shape index (κ1) is 22.0. The number of aromatic nitrogens is 4. The van der Waals surface area contributed by atoms with Crippen molar-refractivity contribution in [3.63, 3.8) is 0 Å². The maximum Gasteiger partial charge on any atom is 0.274 e. The van der Waals surface area contributed by atoms with Crippen LogP contribution in [0.4, 0.5) is 8.78 Å². The van der Waals surface area contributed by atoms with Gasteiger partial charge in [-0.1, -0.05) is 29.3 Å². The molecule has 3 heterocycles. The highest BCUT2D eigenvalue weighted by molar-refractivity contribution is 7.90. The van der Waals surface area contributed by atoms with E-state index in [0.29, 0.717) is 17.5 Å². The van der Waals surface area contributed by atoms with Crippen LogP contribution >= 0.6 is 23.2 Å². The summed E-state index contributed by atoms with van der Waals surface area (Å²) in [5.74, 6) is -2.64. The zero-order chi connectivity index (χ0) is 29.3. The number of nitrogens with zero attached hydrogens (tertiary/aromatic N) is 4. The van der Waals surface area contributed by atoms with Crippen LogP contribution in [0.3, 0.4) is 0 Å². The molecule has 37 heavy (non-hydrogen) atoms. The van der Waals surface area contributed by atoms with Crippen molar-refractivity contribution in [3.05, 3.63) is 91.7 Å². The molecule has 4 aromatic rings. The highest BCUT2D eigenvalue weighted by Gasteiger charge is 2.42. The molecule has 1 fully saturated rings. The maximum atomic E-state index is 15.9. The molecule has 0 amide bonds. The molecule has 0 bridgehead atoms. The third kappa shape index (κ3) is 4.36. The molecule has 1 aromatic carbocycles. The summed E-state index contributed by atoms with van der Waals surface area (Å²) in [6, 6.07) is 5.08. The van der Waals surface area contributed by atoms with Crippen LogP contribution < -0.4 is 5.56 Å². The van der Waals surface area contributed by atoms with Crippen LogP contribution in [-0.2, 0) is 16.8 Å². The van der Waals surface area contributed by atoms with Crippen LogP contribution in [0.1, 0.15) is 39.2 Å². The molecule has 1 aliphatic rings. The van der Waals surface area contributed by atoms with Crippen molar-refractivity contribution in [2.24, 2.45) is 6.98 Å². The second-order valence-electron chi connectivity index (χ2n) is 8.87. The van der Waals surface area contributed by atoms with Gasteiger partial charge in [0.05, 0.1) is 11.2 Å². The molecule has 0 unspecified atom stereocenters. The van der Waals surface area contributed by atoms with Crippen LogP contribution in [0.15, 0.2) is 52.5 Å². The summed E-state index contributed by atoms with van der Waals surface area (Å²) in [5, 5.41) is 3.47. The molecule has 0 N–H and O–H groups in total. The van der Waals surface area contributed by atoms with E-state index in [1.54, 1.807) is 13.0 Å². The normalized spacial score (nSPS) is 18.8. The van der Waals surface area contributed by atoms with Gasteiger partial charge in [-0.15, -0.1) is 0 Å². The minimum atomic E-state index is -3.96. The van der Waals surface area contributed by atoms with Gasteiger partial charge in [0.1, 0.15) is 21.3 Å². The third-order valence-electron chi connectivity index (χ3n) is 6.37. The molecule has 0 saturated heterocycles. The maximum absolute atomic E-state index is 15.9. The van der Waals surface area contributed by atoms with Crippen molar-refractivity contribution in [3.8, 4) is 16.9 Å². The summed E-state index contributed by atoms with van der Waals surface area (Å²) in [6.07, 6.45) is 5.35. The zero-order valence-corrected chi connectivity index (χ0v) is 21.7. The average Bonchev–Trinajstić information content (AvgIpc) is 3.47. The predicted octanol–water partition coefficient (Wildman–Crippen LogP) is 5.20. The molecule has 2 atom stereocenters. The monoisotopic (exact) mass is 567 g/mol. The summed E-state index contributed by atoms with van der Waals surface area (Å²) in [6.45, 7) is -0.870. The Balaban J connectivity index is 1.58. The first-order chi connectivity index (χ1) is 18.6. The van der Waals surface area contributed by atoms with Crippen molar-refractivity contribution >= 4 is 33.0 Å². The predicted molar refractivity (Wildman–Crippen MR) is 136 cm³/mol. The molecular weight excluding hydrogens is 545 g/mol. The molecule has 3 aromatic heterocycles. The molecule has 192 valence electrons. The Hall–Kier alpha value is -3.08. The molecule has 0 aliphatic heterocycles. The van der Waals surface area contributed by atoms with Crippen LogP contribution in [0.5, 0.6) is 0 Å². The Morgan fingerprint density at radius 2 is 1.92 bits per heavy atom. The van der Waals surface area contributed by atoms with Crippen molar-refractivity contribution in [1.82, 2.24) is 19.3 Å². The quantitative estimate of drug-likeness (QED) is 0.330. The first-order valence-corrected chi connectivity index (χ1v) is 13.6. The van der Waals surface area contributed by atoms with E-state index in [1.165, 1.54) is 24.5 Å². The Labute approximate surface area is 225 Å². The van der Waals surface area contributed by atoms with E-state index in [9.17, 15) is 13.2 Å². The standard InChI is InChI=1S/C25H20Cl2F2N4O3S/c1-12-7-17(16-8-15(16)13-9-31-32(2)11-13)20(27)25(34)33(12)24-18(26)10-30-23(22(24)29)14-5-4-6-19(21(14)28)37(3,35)36/h4-7,9-11,15-16H,8H2,1-3H3/t15-,16+/m1/s1/i2D3. The molecular formula is C25H20Cl2F2N4O3S. The van der Waals surface area contributed by atoms with Crippen molar-refractivity contribution < 1.29 is 21.3 Å². The Kier molecular flexibility index (Phi) is 5.36. The number of halogens is 4. The summed E-state index contributed by atoms with van der Waals surface area (Å²) < 4.78 is 79.3. The zero-order valence-electron chi connectivity index (χ0n) is 22.3. The Morgan fingerprint density at radius 1 is 1.16 bits per heavy atom. The van der Waals surface area contributed by atoms with E-state index in [2.05, 4.69) is 10.1 Å². The highest BCUT2D eigenvalue weighted by atomic mass is 35.5. The number of rotatable bonds is 5. The number of pyridine rings is 2. The minimum Gasteiger partial charge on any atom is -0.276 e. The highest BCUT2D eigenvalue weighted by Crippen LogP contribution is 2.55. The largest absolute Gasteiger partial charge is 0.276 e. The number of benzene rings is 1. The summed E-state index contributed by atoms with van der Waals surface area (Å²) in [5.41, 5.74) is -0.693. The Bertz CT molecular complexity index is 1860. The Morgan fingerprint density at radius 3 is 2.59 bits per heavy atom. The topological polar surface area (TPSA) is 86.9 Å². The van der Waals surface area contributed by atoms with E-state index in [1.807, 2.05) is 0 Å². The van der Waals surface area contributed by atoms with Gasteiger partial charge in [0.2, 0.25) is 0 Å². The third-order valence-corrected chi connectivity index (χ3v) is 8.14. The molecule has 12 heteroatoms. The lowest BCUT2D eigenvalue weighted by Gasteiger charge is -2.17. The fourth-order valence-corrected chi connectivity index (χ4v) is 5.80. The van der Waals surface area contributed by atoms with Gasteiger partial charge in [-0.3, -0.25) is 19.0 Å². The van der Waals surface area contributed by atoms with Crippen LogP contribution in [0.2, 0.25) is 10.0 Å². The average molecular weight is 568 g/mol. The molecule has 0 radical (unpaired) electrons. The van der Waals surface area contributed by atoms with Crippen LogP contribution in [0, 0.1) is 18.6 Å². The van der Waals surface area contributed by atoms with Crippen LogP contribution in [0.25, 0.3) is 16.9 Å². The van der Waals surface area contributed by atoms with Gasteiger partial charge in [0.25, 0.3) is 5.56 Å². The van der Waals surface area contributed by atoms with Gasteiger partial charge in [0.15, 0.2) is 21.5 Å². The van der Waals surface area contributed by atoms with Crippen LogP contribution in [-0.4, -0.2) is 34.0 Å². The second-order valence-corrected chi connectivity index (χ2v) is 11.6. The number of hydrogen-bond acceptors (Lipinski definition) is 5. The van der Waals surface area contributed by atoms with Crippen molar-refractivity contribution in [1.29, 1.82) is 0 Å². The van der Waals surface area contributed by atoms with Crippen molar-refractivity contribution in [2.75, 3.05) is 6.26 Å². The summed E-state index contributed by atoms with van der Waals surface area (Å²) >= 11 is 12.8. The summed E-state index contributed by atoms with van der Waals surface area (Å²) in [7, 11) is -3.96. The lowest BCUT2D eigenvalue weighted by molar-refractivity contribution is 0.569. The minimum absolute atomic E-state index is 0.110. The van der Waals surface area contributed by atoms with E-state index in [0.717, 1.165) is 27.8 Å². The van der Waals surface area contributed by atoms with Gasteiger partial charge >= 0.3 is 0 Å². The van der Waals surface area contributed by atoms with E-state index < -0.39 is 55.8 Å². The molecule has 7 nitrogen and oxygen atoms in total. The molecule has 5 rings (SSSR count). The smallest absolute Gasteiger partial charge is 0.274 e. The second kappa shape index (κ2) is 9.04. The van der Waals surface area contributed by atoms with Crippen molar-refractivity contribution in [2.45, 2.75) is 30.1 Å². The molecule has 1 aliphatic carbocycles.